The van der Waals surface area contributed by atoms with Gasteiger partial charge in [-0.15, -0.1) is 0 Å². The van der Waals surface area contributed by atoms with E-state index in [2.05, 4.69) is 0 Å². The fourth-order valence-corrected chi connectivity index (χ4v) is 2.69. The summed E-state index contributed by atoms with van der Waals surface area (Å²) in [4.78, 5) is 0. The summed E-state index contributed by atoms with van der Waals surface area (Å²) in [5, 5.41) is 4.78. The quantitative estimate of drug-likeness (QED) is 0.746. The van der Waals surface area contributed by atoms with Gasteiger partial charge in [0.25, 0.3) is 0 Å². The molecule has 1 fully saturated rings. The van der Waals surface area contributed by atoms with E-state index >= 15 is 0 Å². The van der Waals surface area contributed by atoms with Crippen LogP contribution in [0.2, 0.25) is 0 Å². The Morgan fingerprint density at radius 1 is 1.46 bits per heavy atom. The smallest absolute Gasteiger partial charge is 0.229 e. The third-order valence-electron chi connectivity index (χ3n) is 2.21. The predicted molar refractivity (Wildman–Crippen MR) is 44.9 cm³/mol. The van der Waals surface area contributed by atoms with Gasteiger partial charge in [-0.2, -0.15) is 0 Å². The maximum absolute atomic E-state index is 12.8. The Balaban J connectivity index is 2.53. The van der Waals surface area contributed by atoms with Crippen molar-refractivity contribution in [2.45, 2.75) is 31.6 Å². The molecular formula is C7H13F2NO2S. The van der Waals surface area contributed by atoms with E-state index < -0.39 is 21.9 Å². The molecule has 13 heavy (non-hydrogen) atoms. The van der Waals surface area contributed by atoms with Gasteiger partial charge in [0.05, 0.1) is 5.75 Å². The van der Waals surface area contributed by atoms with Gasteiger partial charge < -0.3 is 0 Å². The lowest BCUT2D eigenvalue weighted by Gasteiger charge is -2.27. The highest BCUT2D eigenvalue weighted by Gasteiger charge is 2.37. The monoisotopic (exact) mass is 213 g/mol. The number of hydrogen-bond acceptors (Lipinski definition) is 2. The molecule has 78 valence electrons. The minimum absolute atomic E-state index is 0.131. The largest absolute Gasteiger partial charge is 0.248 e. The van der Waals surface area contributed by atoms with Crippen LogP contribution < -0.4 is 5.14 Å². The van der Waals surface area contributed by atoms with Crippen LogP contribution in [0.5, 0.6) is 0 Å². The molecule has 1 aliphatic carbocycles. The SMILES string of the molecule is NS(=O)(=O)CC1CCCC(F)(F)C1. The Kier molecular flexibility index (Phi) is 2.91. The van der Waals surface area contributed by atoms with Crippen molar-refractivity contribution >= 4 is 10.0 Å². The van der Waals surface area contributed by atoms with Crippen LogP contribution in [0.15, 0.2) is 0 Å². The minimum Gasteiger partial charge on any atom is -0.229 e. The molecule has 1 unspecified atom stereocenters. The van der Waals surface area contributed by atoms with Gasteiger partial charge in [0.2, 0.25) is 15.9 Å². The highest BCUT2D eigenvalue weighted by molar-refractivity contribution is 7.89. The molecule has 0 radical (unpaired) electrons. The zero-order chi connectivity index (χ0) is 10.1. The summed E-state index contributed by atoms with van der Waals surface area (Å²) in [7, 11) is -3.61. The molecule has 0 aromatic carbocycles. The number of primary sulfonamides is 1. The molecular weight excluding hydrogens is 200 g/mol. The summed E-state index contributed by atoms with van der Waals surface area (Å²) >= 11 is 0. The molecule has 0 aromatic rings. The molecule has 0 bridgehead atoms. The van der Waals surface area contributed by atoms with Crippen LogP contribution in [0, 0.1) is 5.92 Å². The first-order valence-electron chi connectivity index (χ1n) is 4.17. The van der Waals surface area contributed by atoms with Crippen molar-refractivity contribution < 1.29 is 17.2 Å². The molecule has 1 atom stereocenters. The maximum Gasteiger partial charge on any atom is 0.248 e. The lowest BCUT2D eigenvalue weighted by molar-refractivity contribution is -0.0489. The third-order valence-corrected chi connectivity index (χ3v) is 3.15. The summed E-state index contributed by atoms with van der Waals surface area (Å²) < 4.78 is 46.9. The maximum atomic E-state index is 12.8. The van der Waals surface area contributed by atoms with Gasteiger partial charge in [-0.05, 0) is 18.8 Å². The topological polar surface area (TPSA) is 60.2 Å². The molecule has 1 rings (SSSR count). The normalized spacial score (nSPS) is 28.7. The van der Waals surface area contributed by atoms with Crippen molar-refractivity contribution in [1.82, 2.24) is 0 Å². The highest BCUT2D eigenvalue weighted by Crippen LogP contribution is 2.36. The Hall–Kier alpha value is -0.230. The van der Waals surface area contributed by atoms with Crippen LogP contribution in [0.4, 0.5) is 8.78 Å². The zero-order valence-electron chi connectivity index (χ0n) is 7.17. The fraction of sp³-hybridized carbons (Fsp3) is 1.00. The van der Waals surface area contributed by atoms with Gasteiger partial charge in [0, 0.05) is 12.8 Å². The van der Waals surface area contributed by atoms with Crippen LogP contribution in [0.25, 0.3) is 0 Å². The number of sulfonamides is 1. The Bertz CT molecular complexity index is 276. The van der Waals surface area contributed by atoms with E-state index in [0.717, 1.165) is 0 Å². The van der Waals surface area contributed by atoms with Crippen molar-refractivity contribution in [3.8, 4) is 0 Å². The summed E-state index contributed by atoms with van der Waals surface area (Å²) in [5.41, 5.74) is 0. The van der Waals surface area contributed by atoms with Crippen LogP contribution in [-0.2, 0) is 10.0 Å². The molecule has 3 nitrogen and oxygen atoms in total. The lowest BCUT2D eigenvalue weighted by atomic mass is 9.88. The molecule has 0 aliphatic heterocycles. The second kappa shape index (κ2) is 3.49. The summed E-state index contributed by atoms with van der Waals surface area (Å²) in [5.74, 6) is -3.49. The van der Waals surface area contributed by atoms with E-state index in [1.165, 1.54) is 0 Å². The molecule has 6 heteroatoms. The van der Waals surface area contributed by atoms with E-state index in [4.69, 9.17) is 5.14 Å². The Morgan fingerprint density at radius 2 is 2.08 bits per heavy atom. The van der Waals surface area contributed by atoms with Gasteiger partial charge in [0.1, 0.15) is 0 Å². The first kappa shape index (κ1) is 10.8. The number of hydrogen-bond donors (Lipinski definition) is 1. The molecule has 1 saturated carbocycles. The van der Waals surface area contributed by atoms with E-state index in [9.17, 15) is 17.2 Å². The highest BCUT2D eigenvalue weighted by atomic mass is 32.2. The van der Waals surface area contributed by atoms with E-state index in [1.807, 2.05) is 0 Å². The Labute approximate surface area is 76.4 Å². The zero-order valence-corrected chi connectivity index (χ0v) is 7.99. The van der Waals surface area contributed by atoms with Crippen molar-refractivity contribution in [2.24, 2.45) is 11.1 Å². The molecule has 1 aliphatic rings. The van der Waals surface area contributed by atoms with Crippen LogP contribution >= 0.6 is 0 Å². The summed E-state index contributed by atoms with van der Waals surface area (Å²) in [6.45, 7) is 0. The number of alkyl halides is 2. The number of rotatable bonds is 2. The fourth-order valence-electron chi connectivity index (χ4n) is 1.75. The van der Waals surface area contributed by atoms with Gasteiger partial charge in [-0.3, -0.25) is 0 Å². The van der Waals surface area contributed by atoms with Gasteiger partial charge >= 0.3 is 0 Å². The second-order valence-electron chi connectivity index (χ2n) is 3.65. The van der Waals surface area contributed by atoms with E-state index in [1.54, 1.807) is 0 Å². The standard InChI is InChI=1S/C7H13F2NO2S/c8-7(9)3-1-2-6(4-7)5-13(10,11)12/h6H,1-5H2,(H2,10,11,12). The molecule has 0 heterocycles. The van der Waals surface area contributed by atoms with Crippen molar-refractivity contribution in [1.29, 1.82) is 0 Å². The summed E-state index contributed by atoms with van der Waals surface area (Å²) in [6, 6.07) is 0. The molecule has 2 N–H and O–H groups in total. The Morgan fingerprint density at radius 3 is 2.54 bits per heavy atom. The van der Waals surface area contributed by atoms with Gasteiger partial charge in [0.15, 0.2) is 0 Å². The van der Waals surface area contributed by atoms with Gasteiger partial charge in [-0.25, -0.2) is 22.3 Å². The predicted octanol–water partition coefficient (Wildman–Crippen LogP) is 1.10. The van der Waals surface area contributed by atoms with Gasteiger partial charge in [-0.1, -0.05) is 0 Å². The molecule has 0 saturated heterocycles. The van der Waals surface area contributed by atoms with Crippen molar-refractivity contribution in [3.05, 3.63) is 0 Å². The minimum atomic E-state index is -3.61. The first-order chi connectivity index (χ1) is 5.79. The average Bonchev–Trinajstić information content (AvgIpc) is 1.79. The van der Waals surface area contributed by atoms with E-state index in [0.29, 0.717) is 12.8 Å². The van der Waals surface area contributed by atoms with Crippen molar-refractivity contribution in [3.63, 3.8) is 0 Å². The second-order valence-corrected chi connectivity index (χ2v) is 5.31. The van der Waals surface area contributed by atoms with Crippen LogP contribution in [0.1, 0.15) is 25.7 Å². The van der Waals surface area contributed by atoms with E-state index in [-0.39, 0.29) is 18.6 Å². The number of halogens is 2. The third kappa shape index (κ3) is 3.99. The molecule has 0 spiro atoms. The van der Waals surface area contributed by atoms with Crippen molar-refractivity contribution in [2.75, 3.05) is 5.75 Å². The summed E-state index contributed by atoms with van der Waals surface area (Å²) in [6.07, 6.45) is 0.441. The molecule has 0 amide bonds. The first-order valence-corrected chi connectivity index (χ1v) is 5.88. The van der Waals surface area contributed by atoms with Crippen LogP contribution in [0.3, 0.4) is 0 Å². The van der Waals surface area contributed by atoms with Crippen LogP contribution in [-0.4, -0.2) is 20.1 Å². The number of nitrogens with two attached hydrogens (primary N) is 1. The average molecular weight is 213 g/mol. The molecule has 0 aromatic heterocycles. The lowest BCUT2D eigenvalue weighted by Crippen LogP contribution is -2.32.